The molecule has 0 amide bonds. The fraction of sp³-hybridized carbons (Fsp3) is 0.435. The van der Waals surface area contributed by atoms with Crippen LogP contribution in [0.5, 0.6) is 11.5 Å². The first-order valence-electron chi connectivity index (χ1n) is 10.1. The van der Waals surface area contributed by atoms with E-state index in [-0.39, 0.29) is 0 Å². The number of fused-ring (bicyclic) bond motifs is 1. The smallest absolute Gasteiger partial charge is 0.489 e. The zero-order chi connectivity index (χ0) is 21.7. The first kappa shape index (κ1) is 20.8. The summed E-state index contributed by atoms with van der Waals surface area (Å²) in [5.41, 5.74) is 0.775. The molecule has 0 atom stereocenters. The van der Waals surface area contributed by atoms with Gasteiger partial charge in [0.2, 0.25) is 5.79 Å². The Bertz CT molecular complexity index is 951. The van der Waals surface area contributed by atoms with Gasteiger partial charge in [-0.15, -0.1) is 0 Å². The monoisotopic (exact) mass is 410 g/mol. The number of carbonyl (C=O) groups excluding carboxylic acids is 1. The van der Waals surface area contributed by atoms with Crippen LogP contribution in [0.25, 0.3) is 0 Å². The van der Waals surface area contributed by atoms with E-state index in [0.717, 1.165) is 5.56 Å². The van der Waals surface area contributed by atoms with Crippen molar-refractivity contribution in [2.24, 2.45) is 0 Å². The average molecular weight is 410 g/mol. The fourth-order valence-corrected chi connectivity index (χ4v) is 3.45. The Morgan fingerprint density at radius 3 is 2.17 bits per heavy atom. The van der Waals surface area contributed by atoms with Crippen molar-refractivity contribution >= 4 is 18.6 Å². The van der Waals surface area contributed by atoms with Crippen LogP contribution in [-0.4, -0.2) is 30.1 Å². The number of ether oxygens (including phenoxy) is 3. The second-order valence-corrected chi connectivity index (χ2v) is 9.14. The van der Waals surface area contributed by atoms with E-state index in [4.69, 9.17) is 23.5 Å². The molecular formula is C23H27BO6. The van der Waals surface area contributed by atoms with Crippen LogP contribution in [0, 0.1) is 0 Å². The minimum absolute atomic E-state index is 0.305. The Hall–Kier alpha value is -2.51. The lowest BCUT2D eigenvalue weighted by Gasteiger charge is -2.33. The minimum atomic E-state index is -1.07. The van der Waals surface area contributed by atoms with Gasteiger partial charge in [0, 0.05) is 25.4 Å². The molecule has 0 unspecified atom stereocenters. The van der Waals surface area contributed by atoms with Gasteiger partial charge in [0.25, 0.3) is 0 Å². The highest BCUT2D eigenvalue weighted by atomic mass is 16.7. The van der Waals surface area contributed by atoms with E-state index in [1.54, 1.807) is 26.0 Å². The Labute approximate surface area is 177 Å². The van der Waals surface area contributed by atoms with Gasteiger partial charge in [-0.2, -0.15) is 0 Å². The highest BCUT2D eigenvalue weighted by Crippen LogP contribution is 2.39. The van der Waals surface area contributed by atoms with Crippen molar-refractivity contribution in [3.63, 3.8) is 0 Å². The number of cyclic esters (lactones) is 1. The largest absolute Gasteiger partial charge is 0.496 e. The molecule has 0 aromatic heterocycles. The normalized spacial score (nSPS) is 20.9. The molecule has 4 rings (SSSR count). The van der Waals surface area contributed by atoms with Crippen LogP contribution >= 0.6 is 0 Å². The van der Waals surface area contributed by atoms with Gasteiger partial charge >= 0.3 is 13.1 Å². The summed E-state index contributed by atoms with van der Waals surface area (Å²) in [7, 11) is -0.749. The maximum Gasteiger partial charge on any atom is 0.496 e. The quantitative estimate of drug-likeness (QED) is 0.564. The second kappa shape index (κ2) is 7.03. The Balaban J connectivity index is 1.73. The van der Waals surface area contributed by atoms with Gasteiger partial charge < -0.3 is 23.5 Å². The zero-order valence-electron chi connectivity index (χ0n) is 18.3. The summed E-state index contributed by atoms with van der Waals surface area (Å²) >= 11 is 0. The van der Waals surface area contributed by atoms with Crippen molar-refractivity contribution in [3.05, 3.63) is 53.6 Å². The highest BCUT2D eigenvalue weighted by Gasteiger charge is 2.53. The molecule has 6 nitrogen and oxygen atoms in total. The molecular weight excluding hydrogens is 383 g/mol. The maximum atomic E-state index is 12.8. The van der Waals surface area contributed by atoms with E-state index in [2.05, 4.69) is 0 Å². The van der Waals surface area contributed by atoms with E-state index in [0.29, 0.717) is 29.1 Å². The molecule has 0 aliphatic carbocycles. The number of carbonyl (C=O) groups is 1. The van der Waals surface area contributed by atoms with Crippen molar-refractivity contribution in [1.82, 2.24) is 0 Å². The number of hydrogen-bond acceptors (Lipinski definition) is 6. The molecule has 0 bridgehead atoms. The molecule has 0 N–H and O–H groups in total. The summed E-state index contributed by atoms with van der Waals surface area (Å²) < 4.78 is 29.8. The molecule has 2 aromatic carbocycles. The number of benzene rings is 2. The summed E-state index contributed by atoms with van der Waals surface area (Å²) in [6, 6.07) is 13.4. The van der Waals surface area contributed by atoms with Crippen LogP contribution in [0.3, 0.4) is 0 Å². The number of esters is 1. The third kappa shape index (κ3) is 3.79. The van der Waals surface area contributed by atoms with Crippen LogP contribution in [0.15, 0.2) is 42.5 Å². The molecule has 2 aromatic rings. The third-order valence-electron chi connectivity index (χ3n) is 5.76. The van der Waals surface area contributed by atoms with Gasteiger partial charge in [0.15, 0.2) is 0 Å². The molecule has 2 aliphatic rings. The average Bonchev–Trinajstić information content (AvgIpc) is 2.86. The molecule has 7 heteroatoms. The Kier molecular flexibility index (Phi) is 4.86. The predicted octanol–water partition coefficient (Wildman–Crippen LogP) is 3.85. The van der Waals surface area contributed by atoms with Crippen LogP contribution < -0.4 is 14.9 Å². The van der Waals surface area contributed by atoms with Gasteiger partial charge in [0.05, 0.1) is 11.2 Å². The molecule has 2 heterocycles. The molecule has 2 aliphatic heterocycles. The predicted molar refractivity (Wildman–Crippen MR) is 113 cm³/mol. The summed E-state index contributed by atoms with van der Waals surface area (Å²) in [6.45, 7) is 11.6. The van der Waals surface area contributed by atoms with Gasteiger partial charge in [0.1, 0.15) is 23.7 Å². The van der Waals surface area contributed by atoms with Crippen molar-refractivity contribution in [2.75, 3.05) is 0 Å². The van der Waals surface area contributed by atoms with Crippen molar-refractivity contribution < 1.29 is 28.3 Å². The van der Waals surface area contributed by atoms with E-state index in [1.165, 1.54) is 0 Å². The lowest BCUT2D eigenvalue weighted by atomic mass is 9.75. The van der Waals surface area contributed by atoms with Crippen LogP contribution in [0.4, 0.5) is 0 Å². The van der Waals surface area contributed by atoms with Gasteiger partial charge in [-0.1, -0.05) is 30.3 Å². The lowest BCUT2D eigenvalue weighted by molar-refractivity contribution is -0.127. The van der Waals surface area contributed by atoms with Gasteiger partial charge in [-0.05, 0) is 39.3 Å². The van der Waals surface area contributed by atoms with E-state index < -0.39 is 30.1 Å². The summed E-state index contributed by atoms with van der Waals surface area (Å²) in [5.74, 6) is -0.588. The first-order chi connectivity index (χ1) is 14.0. The zero-order valence-corrected chi connectivity index (χ0v) is 18.3. The van der Waals surface area contributed by atoms with E-state index in [9.17, 15) is 4.79 Å². The molecule has 0 radical (unpaired) electrons. The van der Waals surface area contributed by atoms with Gasteiger partial charge in [-0.3, -0.25) is 0 Å². The van der Waals surface area contributed by atoms with Crippen molar-refractivity contribution in [3.8, 4) is 11.5 Å². The molecule has 0 spiro atoms. The van der Waals surface area contributed by atoms with Crippen LogP contribution in [-0.2, 0) is 20.7 Å². The summed E-state index contributed by atoms with van der Waals surface area (Å²) in [5, 5.41) is 0. The SMILES string of the molecule is CC1(C)OC(=O)c2c(cc(OCc3ccccc3)cc2B2OC(C)(C)C(C)(C)O2)O1. The third-order valence-corrected chi connectivity index (χ3v) is 5.76. The molecule has 158 valence electrons. The van der Waals surface area contributed by atoms with Crippen LogP contribution in [0.1, 0.15) is 57.5 Å². The Morgan fingerprint density at radius 1 is 0.900 bits per heavy atom. The van der Waals surface area contributed by atoms with E-state index >= 15 is 0 Å². The van der Waals surface area contributed by atoms with Crippen LogP contribution in [0.2, 0.25) is 0 Å². The molecule has 1 saturated heterocycles. The highest BCUT2D eigenvalue weighted by molar-refractivity contribution is 6.64. The summed E-state index contributed by atoms with van der Waals surface area (Å²) in [4.78, 5) is 12.8. The Morgan fingerprint density at radius 2 is 1.53 bits per heavy atom. The molecule has 1 fully saturated rings. The lowest BCUT2D eigenvalue weighted by Crippen LogP contribution is -2.45. The molecule has 30 heavy (non-hydrogen) atoms. The fourth-order valence-electron chi connectivity index (χ4n) is 3.45. The van der Waals surface area contributed by atoms with Crippen molar-refractivity contribution in [2.45, 2.75) is 65.1 Å². The topological polar surface area (TPSA) is 63.2 Å². The standard InChI is InChI=1S/C23H27BO6/c1-21(2)22(3,4)30-24(29-21)17-12-16(26-14-15-10-8-7-9-11-15)13-18-19(17)20(25)28-23(5,6)27-18/h7-13H,14H2,1-6H3. The minimum Gasteiger partial charge on any atom is -0.489 e. The van der Waals surface area contributed by atoms with Crippen molar-refractivity contribution in [1.29, 1.82) is 0 Å². The number of hydrogen-bond donors (Lipinski definition) is 0. The van der Waals surface area contributed by atoms with Gasteiger partial charge in [-0.25, -0.2) is 4.79 Å². The van der Waals surface area contributed by atoms with E-state index in [1.807, 2.05) is 58.0 Å². The second-order valence-electron chi connectivity index (χ2n) is 9.14. The molecule has 0 saturated carbocycles. The number of rotatable bonds is 4. The summed E-state index contributed by atoms with van der Waals surface area (Å²) in [6.07, 6.45) is 0. The first-order valence-corrected chi connectivity index (χ1v) is 10.1. The maximum absolute atomic E-state index is 12.8.